The van der Waals surface area contributed by atoms with Gasteiger partial charge in [-0.2, -0.15) is 0 Å². The first-order valence-corrected chi connectivity index (χ1v) is 10.4. The maximum absolute atomic E-state index is 11.1. The van der Waals surface area contributed by atoms with E-state index in [1.54, 1.807) is 18.2 Å². The van der Waals surface area contributed by atoms with Crippen LogP contribution in [-0.4, -0.2) is 50.9 Å². The fourth-order valence-electron chi connectivity index (χ4n) is 2.53. The topological polar surface area (TPSA) is 126 Å². The minimum Gasteiger partial charge on any atom is -0.550 e. The zero-order chi connectivity index (χ0) is 23.6. The molecule has 0 heterocycles. The summed E-state index contributed by atoms with van der Waals surface area (Å²) in [6.07, 6.45) is 5.12. The zero-order valence-corrected chi connectivity index (χ0v) is 21.2. The molecule has 176 valence electrons. The first-order chi connectivity index (χ1) is 15.5. The predicted octanol–water partition coefficient (Wildman–Crippen LogP) is -2.12. The van der Waals surface area contributed by atoms with Crippen molar-refractivity contribution < 1.29 is 63.3 Å². The van der Waals surface area contributed by atoms with Crippen molar-refractivity contribution in [3.8, 4) is 11.5 Å². The molecule has 1 aromatic rings. The molecule has 0 saturated heterocycles. The molecule has 0 aliphatic rings. The molecule has 10 heteroatoms. The van der Waals surface area contributed by atoms with E-state index in [2.05, 4.69) is 23.8 Å². The molecule has 2 amide bonds. The Morgan fingerprint density at radius 1 is 0.879 bits per heavy atom. The molecule has 33 heavy (non-hydrogen) atoms. The molecule has 0 unspecified atom stereocenters. The fourth-order valence-corrected chi connectivity index (χ4v) is 2.53. The molecule has 9 nitrogen and oxygen atoms in total. The summed E-state index contributed by atoms with van der Waals surface area (Å²) >= 11 is 0. The van der Waals surface area contributed by atoms with Gasteiger partial charge < -0.3 is 34.7 Å². The predicted molar refractivity (Wildman–Crippen MR) is 117 cm³/mol. The molecule has 0 atom stereocenters. The van der Waals surface area contributed by atoms with E-state index in [1.165, 1.54) is 12.2 Å². The molecule has 0 aliphatic heterocycles. The number of nitrogens with one attached hydrogen (secondary N) is 2. The van der Waals surface area contributed by atoms with E-state index in [0.29, 0.717) is 49.8 Å². The van der Waals surface area contributed by atoms with Gasteiger partial charge in [0.1, 0.15) is 0 Å². The molecule has 2 N–H and O–H groups in total. The van der Waals surface area contributed by atoms with Crippen molar-refractivity contribution in [2.75, 3.05) is 33.1 Å². The van der Waals surface area contributed by atoms with Crippen molar-refractivity contribution in [2.45, 2.75) is 32.1 Å². The molecule has 1 rings (SSSR count). The van der Waals surface area contributed by atoms with E-state index < -0.39 is 5.97 Å². The maximum atomic E-state index is 11.1. The monoisotopic (exact) mass is 470 g/mol. The van der Waals surface area contributed by atoms with Gasteiger partial charge in [-0.3, -0.25) is 9.59 Å². The Bertz CT molecular complexity index is 771. The van der Waals surface area contributed by atoms with Crippen LogP contribution in [0.3, 0.4) is 0 Å². The van der Waals surface area contributed by atoms with Crippen molar-refractivity contribution in [3.63, 3.8) is 0 Å². The molecule has 0 bridgehead atoms. The van der Waals surface area contributed by atoms with Crippen LogP contribution in [0.4, 0.5) is 0 Å². The van der Waals surface area contributed by atoms with Crippen molar-refractivity contribution in [2.24, 2.45) is 0 Å². The summed E-state index contributed by atoms with van der Waals surface area (Å²) in [5.41, 5.74) is 0.525. The first-order valence-electron chi connectivity index (χ1n) is 10.4. The van der Waals surface area contributed by atoms with E-state index >= 15 is 0 Å². The molecular weight excluding hydrogens is 439 g/mol. The third-order valence-corrected chi connectivity index (χ3v) is 4.17. The van der Waals surface area contributed by atoms with E-state index in [9.17, 15) is 19.5 Å². The van der Waals surface area contributed by atoms with Crippen LogP contribution in [0.1, 0.15) is 31.2 Å². The number of carboxylic acids is 1. The Morgan fingerprint density at radius 3 is 2.06 bits per heavy atom. The number of hydrogen-bond donors (Lipinski definition) is 2. The van der Waals surface area contributed by atoms with Crippen LogP contribution in [0.25, 0.3) is 0 Å². The van der Waals surface area contributed by atoms with E-state index in [4.69, 9.17) is 14.2 Å². The number of rotatable bonds is 18. The molecule has 1 aromatic carbocycles. The van der Waals surface area contributed by atoms with Crippen LogP contribution in [-0.2, 0) is 25.5 Å². The zero-order valence-electron chi connectivity index (χ0n) is 19.2. The van der Waals surface area contributed by atoms with Crippen molar-refractivity contribution in [1.29, 1.82) is 0 Å². The fraction of sp³-hybridized carbons (Fsp3) is 0.435. The Balaban J connectivity index is 0.0000102. The van der Waals surface area contributed by atoms with Gasteiger partial charge in [0.25, 0.3) is 0 Å². The number of ether oxygens (including phenoxy) is 3. The Kier molecular flexibility index (Phi) is 17.8. The van der Waals surface area contributed by atoms with Crippen molar-refractivity contribution in [1.82, 2.24) is 10.6 Å². The van der Waals surface area contributed by atoms with Crippen molar-refractivity contribution in [3.05, 3.63) is 49.1 Å². The van der Waals surface area contributed by atoms with Crippen molar-refractivity contribution >= 4 is 17.8 Å². The number of aliphatic carboxylic acids is 1. The largest absolute Gasteiger partial charge is 1.00 e. The normalized spacial score (nSPS) is 9.82. The Morgan fingerprint density at radius 2 is 1.48 bits per heavy atom. The number of amides is 2. The summed E-state index contributed by atoms with van der Waals surface area (Å²) in [6.45, 7) is 8.64. The second-order valence-electron chi connectivity index (χ2n) is 6.75. The summed E-state index contributed by atoms with van der Waals surface area (Å²) in [6, 6.07) is 4.87. The maximum Gasteiger partial charge on any atom is 1.00 e. The van der Waals surface area contributed by atoms with Crippen LogP contribution in [0, 0.1) is 0 Å². The number of unbranched alkanes of at least 4 members (excludes halogenated alkanes) is 2. The van der Waals surface area contributed by atoms with Gasteiger partial charge in [0, 0.05) is 25.5 Å². The van der Waals surface area contributed by atoms with E-state index in [-0.39, 0.29) is 54.6 Å². The summed E-state index contributed by atoms with van der Waals surface area (Å²) in [5.74, 6) is -0.766. The molecule has 0 fully saturated rings. The molecule has 0 radical (unpaired) electrons. The van der Waals surface area contributed by atoms with Crippen LogP contribution in [0.5, 0.6) is 11.5 Å². The molecule has 0 spiro atoms. The average molecular weight is 470 g/mol. The smallest absolute Gasteiger partial charge is 0.550 e. The molecule has 0 aromatic heterocycles. The number of benzene rings is 1. The average Bonchev–Trinajstić information content (AvgIpc) is 2.78. The van der Waals surface area contributed by atoms with Crippen LogP contribution < -0.4 is 54.8 Å². The number of carboxylic acid groups (broad SMARTS) is 1. The summed E-state index contributed by atoms with van der Waals surface area (Å²) in [4.78, 5) is 33.0. The Hall–Kier alpha value is -2.33. The third-order valence-electron chi connectivity index (χ3n) is 4.17. The second kappa shape index (κ2) is 19.2. The SMILES string of the molecule is C=CC(=O)NCCCCOCOc1cc(CC(=O)[O-])ccc1OCCCCNC(=O)C=C.[Na+]. The quantitative estimate of drug-likeness (QED) is 0.109. The van der Waals surface area contributed by atoms with Gasteiger partial charge >= 0.3 is 29.6 Å². The number of carbonyl (C=O) groups excluding carboxylic acids is 3. The van der Waals surface area contributed by atoms with Gasteiger partial charge in [-0.25, -0.2) is 0 Å². The van der Waals surface area contributed by atoms with E-state index in [1.807, 2.05) is 0 Å². The van der Waals surface area contributed by atoms with Gasteiger partial charge in [-0.05, 0) is 55.5 Å². The Labute approximate surface area is 216 Å². The standard InChI is InChI=1S/C23H32N2O7.Na/c1-3-21(26)24-11-5-7-13-30-17-32-20-15-18(16-23(28)29)9-10-19(20)31-14-8-6-12-25-22(27)4-2;/h3-4,9-10,15H,1-2,5-8,11-14,16-17H2,(H,24,26)(H,25,27)(H,28,29);/q;+1/p-1. The number of carbonyl (C=O) groups is 3. The first kappa shape index (κ1) is 30.7. The summed E-state index contributed by atoms with van der Waals surface area (Å²) in [7, 11) is 0. The summed E-state index contributed by atoms with van der Waals surface area (Å²) < 4.78 is 16.8. The summed E-state index contributed by atoms with van der Waals surface area (Å²) in [5, 5.41) is 16.2. The molecular formula is C23H31N2NaO7. The third kappa shape index (κ3) is 15.2. The molecule has 0 aliphatic carbocycles. The van der Waals surface area contributed by atoms with Gasteiger partial charge in [0.05, 0.1) is 13.2 Å². The minimum absolute atomic E-state index is 0. The van der Waals surface area contributed by atoms with E-state index in [0.717, 1.165) is 19.3 Å². The number of hydrogen-bond acceptors (Lipinski definition) is 7. The molecule has 0 saturated carbocycles. The van der Waals surface area contributed by atoms with Crippen LogP contribution in [0.2, 0.25) is 0 Å². The van der Waals surface area contributed by atoms with Crippen LogP contribution >= 0.6 is 0 Å². The van der Waals surface area contributed by atoms with Gasteiger partial charge in [-0.15, -0.1) is 0 Å². The minimum atomic E-state index is -1.19. The van der Waals surface area contributed by atoms with Gasteiger partial charge in [-0.1, -0.05) is 19.2 Å². The van der Waals surface area contributed by atoms with Crippen LogP contribution in [0.15, 0.2) is 43.5 Å². The second-order valence-corrected chi connectivity index (χ2v) is 6.75. The van der Waals surface area contributed by atoms with Gasteiger partial charge in [0.2, 0.25) is 11.8 Å². The van der Waals surface area contributed by atoms with Gasteiger partial charge in [0.15, 0.2) is 18.3 Å².